The van der Waals surface area contributed by atoms with E-state index >= 15 is 0 Å². The summed E-state index contributed by atoms with van der Waals surface area (Å²) in [5, 5.41) is 31.3. The number of hydrogen-bond acceptors (Lipinski definition) is 7. The normalized spacial score (nSPS) is 6.50. The molecule has 0 saturated carbocycles. The van der Waals surface area contributed by atoms with Crippen molar-refractivity contribution >= 4 is 11.6 Å². The number of aliphatic hydroxyl groups excluding tert-OH is 2. The van der Waals surface area contributed by atoms with Gasteiger partial charge in [-0.25, -0.2) is 0 Å². The van der Waals surface area contributed by atoms with Gasteiger partial charge in [0.1, 0.15) is 11.6 Å². The number of nitrogens with zero attached hydrogens (tertiary/aromatic N) is 2. The van der Waals surface area contributed by atoms with Crippen molar-refractivity contribution in [3.05, 3.63) is 0 Å². The van der Waals surface area contributed by atoms with Gasteiger partial charge in [0, 0.05) is 13.2 Å². The molecule has 0 spiro atoms. The van der Waals surface area contributed by atoms with Crippen LogP contribution in [0.2, 0.25) is 0 Å². The molecule has 0 saturated heterocycles. The second kappa shape index (κ2) is 42.7. The summed E-state index contributed by atoms with van der Waals surface area (Å²) in [4.78, 5) is 19.6. The molecule has 0 heterocycles. The summed E-state index contributed by atoms with van der Waals surface area (Å²) in [5.41, 5.74) is 0. The summed E-state index contributed by atoms with van der Waals surface area (Å²) in [5.74, 6) is -0.144. The Labute approximate surface area is 144 Å². The van der Waals surface area contributed by atoms with Gasteiger partial charge in [-0.3, -0.25) is 9.59 Å². The summed E-state index contributed by atoms with van der Waals surface area (Å²) in [6.07, 6.45) is 1.83. The number of aliphatic hydroxyl groups is 2. The van der Waals surface area contributed by atoms with Crippen LogP contribution in [0.3, 0.4) is 0 Å². The van der Waals surface area contributed by atoms with Gasteiger partial charge in [0.05, 0.1) is 25.0 Å². The summed E-state index contributed by atoms with van der Waals surface area (Å²) < 4.78 is 8.25. The van der Waals surface area contributed by atoms with E-state index in [0.29, 0.717) is 13.2 Å². The second-order valence-corrected chi connectivity index (χ2v) is 3.52. The maximum absolute atomic E-state index is 9.82. The number of hydrogen-bond donors (Lipinski definition) is 2. The monoisotopic (exact) mass is 350 g/mol. The van der Waals surface area contributed by atoms with Gasteiger partial charge in [-0.1, -0.05) is 13.8 Å². The van der Waals surface area contributed by atoms with E-state index in [1.807, 2.05) is 13.8 Å². The summed E-state index contributed by atoms with van der Waals surface area (Å²) in [6.45, 7) is 7.28. The van der Waals surface area contributed by atoms with Gasteiger partial charge >= 0.3 is 23.7 Å². The third-order valence-corrected chi connectivity index (χ3v) is 1.10. The maximum atomic E-state index is 9.82. The van der Waals surface area contributed by atoms with E-state index in [1.54, 1.807) is 12.1 Å². The van der Waals surface area contributed by atoms with Crippen LogP contribution < -0.4 is 0 Å². The molecular weight excluding hydrogens is 324 g/mol. The fourth-order valence-corrected chi connectivity index (χ4v) is 0.223. The minimum atomic E-state index is -0.0718. The molecule has 0 aromatic heterocycles. The van der Waals surface area contributed by atoms with Crippen LogP contribution in [0.1, 0.15) is 53.4 Å². The second-order valence-electron chi connectivity index (χ2n) is 3.52. The van der Waals surface area contributed by atoms with Crippen LogP contribution in [0.4, 0.5) is 0 Å². The van der Waals surface area contributed by atoms with Crippen LogP contribution in [0.25, 0.3) is 0 Å². The van der Waals surface area contributed by atoms with E-state index in [2.05, 4.69) is 0 Å². The zero-order chi connectivity index (χ0) is 18.8. The van der Waals surface area contributed by atoms with Gasteiger partial charge in [-0.2, -0.15) is 10.5 Å². The van der Waals surface area contributed by atoms with E-state index in [-0.39, 0.29) is 24.4 Å². The minimum absolute atomic E-state index is 0.0417. The Morgan fingerprint density at radius 1 is 0.864 bits per heavy atom. The first kappa shape index (κ1) is 32.6. The molecule has 0 fully saturated rings. The Bertz CT molecular complexity index is 277. The van der Waals surface area contributed by atoms with Crippen LogP contribution in [0.15, 0.2) is 0 Å². The number of nitriles is 2. The van der Waals surface area contributed by atoms with Crippen molar-refractivity contribution in [2.75, 3.05) is 13.2 Å². The molecule has 0 aliphatic heterocycles. The molecule has 0 aliphatic rings. The first-order valence-electron chi connectivity index (χ1n) is 6.52. The molecule has 0 radical (unpaired) electrons. The third-order valence-electron chi connectivity index (χ3n) is 1.10. The van der Waals surface area contributed by atoms with Crippen molar-refractivity contribution in [2.24, 2.45) is 0 Å². The van der Waals surface area contributed by atoms with E-state index in [9.17, 15) is 9.59 Å². The zero-order valence-electron chi connectivity index (χ0n) is 13.8. The van der Waals surface area contributed by atoms with Gasteiger partial charge in [0.2, 0.25) is 0 Å². The van der Waals surface area contributed by atoms with Gasteiger partial charge in [-0.15, -0.1) is 0 Å². The van der Waals surface area contributed by atoms with Crippen molar-refractivity contribution in [2.45, 2.75) is 53.4 Å². The third kappa shape index (κ3) is 130. The van der Waals surface area contributed by atoms with E-state index < -0.39 is 0 Å². The van der Waals surface area contributed by atoms with E-state index in [4.69, 9.17) is 24.1 Å². The standard InChI is InChI=1S/2C4H5NO.2C3H8O.O.Ti/c2*1-4(6)2-3-5;2*1-2-3-4;;/h2*2H2,1H3;2*4H,2-3H2,1H3;;. The average molecular weight is 350 g/mol. The first-order chi connectivity index (χ1) is 10.4. The molecule has 0 bridgehead atoms. The predicted molar refractivity (Wildman–Crippen MR) is 77.3 cm³/mol. The molecule has 0 atom stereocenters. The van der Waals surface area contributed by atoms with E-state index in [1.165, 1.54) is 13.8 Å². The van der Waals surface area contributed by atoms with Crippen LogP contribution in [0.5, 0.6) is 0 Å². The quantitative estimate of drug-likeness (QED) is 0.734. The van der Waals surface area contributed by atoms with Crippen molar-refractivity contribution < 1.29 is 43.5 Å². The summed E-state index contributed by atoms with van der Waals surface area (Å²) in [6, 6.07) is 3.44. The predicted octanol–water partition coefficient (Wildman–Crippen LogP) is 1.63. The molecule has 0 rings (SSSR count). The molecule has 0 unspecified atom stereocenters. The Morgan fingerprint density at radius 3 is 1.05 bits per heavy atom. The number of ketones is 2. The Balaban J connectivity index is -0.0000000571. The molecule has 0 aliphatic carbocycles. The van der Waals surface area contributed by atoms with Crippen LogP contribution in [-0.2, 0) is 33.3 Å². The molecule has 0 aromatic carbocycles. The fraction of sp³-hybridized carbons (Fsp3) is 0.714. The molecule has 0 aromatic rings. The van der Waals surface area contributed by atoms with Crippen LogP contribution in [-0.4, -0.2) is 35.0 Å². The van der Waals surface area contributed by atoms with Crippen LogP contribution in [0, 0.1) is 22.7 Å². The van der Waals surface area contributed by atoms with Gasteiger partial charge < -0.3 is 10.2 Å². The van der Waals surface area contributed by atoms with Crippen molar-refractivity contribution in [3.8, 4) is 12.1 Å². The summed E-state index contributed by atoms with van der Waals surface area (Å²) in [7, 11) is 0. The first-order valence-corrected chi connectivity index (χ1v) is 7.16. The number of carbonyl (C=O) groups is 2. The molecule has 126 valence electrons. The SMILES string of the molecule is CC(=O)CC#N.CC(=O)CC#N.CCCO.CCCO.[O]=[Ti]. The molecule has 22 heavy (non-hydrogen) atoms. The fourth-order valence-electron chi connectivity index (χ4n) is 0.223. The number of carbonyl (C=O) groups excluding carboxylic acids is 2. The summed E-state index contributed by atoms with van der Waals surface area (Å²) >= 11 is 0.750. The Morgan fingerprint density at radius 2 is 1.05 bits per heavy atom. The topological polar surface area (TPSA) is 139 Å². The van der Waals surface area contributed by atoms with Crippen molar-refractivity contribution in [3.63, 3.8) is 0 Å². The number of rotatable bonds is 4. The van der Waals surface area contributed by atoms with Crippen molar-refractivity contribution in [1.82, 2.24) is 0 Å². The Kier molecular flexibility index (Phi) is 63.4. The molecule has 0 amide bonds. The molecule has 2 N–H and O–H groups in total. The van der Waals surface area contributed by atoms with Crippen LogP contribution >= 0.6 is 0 Å². The Hall–Kier alpha value is -1.25. The number of Topliss-reactive ketones (excluding diaryl/α,β-unsaturated/α-hetero) is 2. The molecule has 7 nitrogen and oxygen atoms in total. The van der Waals surface area contributed by atoms with Gasteiger partial charge in [0.15, 0.2) is 0 Å². The van der Waals surface area contributed by atoms with Gasteiger partial charge in [0.25, 0.3) is 0 Å². The van der Waals surface area contributed by atoms with E-state index in [0.717, 1.165) is 33.2 Å². The van der Waals surface area contributed by atoms with Crippen molar-refractivity contribution in [1.29, 1.82) is 10.5 Å². The zero-order valence-corrected chi connectivity index (χ0v) is 15.3. The molecule has 8 heteroatoms. The average Bonchev–Trinajstić information content (AvgIpc) is 2.50. The van der Waals surface area contributed by atoms with Gasteiger partial charge in [-0.05, 0) is 26.7 Å². The molecular formula is C14H26N2O5Ti.